The van der Waals surface area contributed by atoms with Crippen LogP contribution >= 0.6 is 12.4 Å². The van der Waals surface area contributed by atoms with E-state index in [1.807, 2.05) is 6.07 Å². The van der Waals surface area contributed by atoms with Crippen molar-refractivity contribution in [3.8, 4) is 0 Å². The highest BCUT2D eigenvalue weighted by molar-refractivity contribution is 5.85. The van der Waals surface area contributed by atoms with Gasteiger partial charge < -0.3 is 20.7 Å². The quantitative estimate of drug-likeness (QED) is 0.368. The summed E-state index contributed by atoms with van der Waals surface area (Å²) in [6.07, 6.45) is 13.2. The lowest BCUT2D eigenvalue weighted by atomic mass is 9.84. The molecule has 1 saturated heterocycles. The predicted octanol–water partition coefficient (Wildman–Crippen LogP) is 5.19. The van der Waals surface area contributed by atoms with Crippen LogP contribution in [-0.4, -0.2) is 32.3 Å². The number of hydrogen-bond donors (Lipinski definition) is 2. The fourth-order valence-electron chi connectivity index (χ4n) is 6.43. The number of benzene rings is 1. The van der Waals surface area contributed by atoms with Crippen molar-refractivity contribution in [3.63, 3.8) is 0 Å². The summed E-state index contributed by atoms with van der Waals surface area (Å²) in [6, 6.07) is 10.5. The molecule has 0 radical (unpaired) electrons. The fraction of sp³-hybridized carbons (Fsp3) is 0.667. The second-order valence-corrected chi connectivity index (χ2v) is 11.5. The van der Waals surface area contributed by atoms with Crippen molar-refractivity contribution in [2.45, 2.75) is 82.8 Å². The summed E-state index contributed by atoms with van der Waals surface area (Å²) in [4.78, 5) is 27.6. The highest BCUT2D eigenvalue weighted by Crippen LogP contribution is 2.38. The van der Waals surface area contributed by atoms with E-state index in [2.05, 4.69) is 34.5 Å². The zero-order valence-electron chi connectivity index (χ0n) is 22.0. The van der Waals surface area contributed by atoms with Crippen LogP contribution < -0.4 is 26.8 Å². The molecular weight excluding hydrogens is 486 g/mol. The Morgan fingerprint density at radius 2 is 1.70 bits per heavy atom. The number of nitrogens with zero attached hydrogens (tertiary/aromatic N) is 1. The third-order valence-electron chi connectivity index (χ3n) is 8.71. The maximum Gasteiger partial charge on any atom is 0.253 e. The van der Waals surface area contributed by atoms with Gasteiger partial charge in [0.2, 0.25) is 0 Å². The summed E-state index contributed by atoms with van der Waals surface area (Å²) in [5, 5.41) is 3.42. The summed E-state index contributed by atoms with van der Waals surface area (Å²) in [5.74, 6) is 1.78. The third-order valence-corrected chi connectivity index (χ3v) is 8.71. The number of rotatable bonds is 12. The molecule has 1 heterocycles. The van der Waals surface area contributed by atoms with Gasteiger partial charge in [-0.1, -0.05) is 75.3 Å². The number of hydrogen-bond acceptors (Lipinski definition) is 6. The lowest BCUT2D eigenvalue weighted by Gasteiger charge is -2.39. The van der Waals surface area contributed by atoms with Crippen molar-refractivity contribution in [1.82, 2.24) is 0 Å². The van der Waals surface area contributed by atoms with Crippen LogP contribution in [0.5, 0.6) is 0 Å². The van der Waals surface area contributed by atoms with E-state index < -0.39 is 0 Å². The molecule has 204 valence electrons. The minimum Gasteiger partial charge on any atom is -0.376 e. The van der Waals surface area contributed by atoms with Gasteiger partial charge in [0.15, 0.2) is 0 Å². The Labute approximate surface area is 227 Å². The molecule has 3 atom stereocenters. The number of nitrogens with two attached hydrogens (primary N) is 1. The highest BCUT2D eigenvalue weighted by atomic mass is 35.5. The second kappa shape index (κ2) is 13.3. The molecule has 0 spiro atoms. The van der Waals surface area contributed by atoms with Crippen LogP contribution in [0.1, 0.15) is 82.3 Å². The Morgan fingerprint density at radius 3 is 2.41 bits per heavy atom. The molecule has 3 unspecified atom stereocenters. The summed E-state index contributed by atoms with van der Waals surface area (Å²) in [7, 11) is 0. The van der Waals surface area contributed by atoms with Crippen molar-refractivity contribution in [2.24, 2.45) is 23.5 Å². The van der Waals surface area contributed by atoms with Gasteiger partial charge in [-0.2, -0.15) is 0 Å². The standard InChI is InChI=1S/C30H43N3O3.ClH/c31-19-25(18-22-8-3-1-4-9-22)32-26-27(29(35)28(26)34)33-16-7-12-24(20-33)30(23-10-5-2-6-11-23)36-17-15-21-13-14-21;/h2,5-6,10-11,21-22,24-25,30,32H,1,3-4,7-9,12-20,31H2;1H. The molecule has 6 nitrogen and oxygen atoms in total. The van der Waals surface area contributed by atoms with Crippen molar-refractivity contribution >= 4 is 23.8 Å². The van der Waals surface area contributed by atoms with Crippen LogP contribution in [0.15, 0.2) is 39.9 Å². The minimum atomic E-state index is -0.380. The van der Waals surface area contributed by atoms with Gasteiger partial charge in [-0.05, 0) is 43.1 Å². The first-order valence-corrected chi connectivity index (χ1v) is 14.4. The molecule has 0 aromatic heterocycles. The summed E-state index contributed by atoms with van der Waals surface area (Å²) in [6.45, 7) is 2.79. The summed E-state index contributed by atoms with van der Waals surface area (Å²) >= 11 is 0. The first kappa shape index (κ1) is 28.1. The van der Waals surface area contributed by atoms with Crippen LogP contribution in [0.2, 0.25) is 0 Å². The first-order chi connectivity index (χ1) is 17.6. The SMILES string of the molecule is Cl.NCC(CC1CCCCC1)Nc1c(N2CCCC(C(OCCC3CC3)c3ccccc3)C2)c(=O)c1=O. The second-order valence-electron chi connectivity index (χ2n) is 11.5. The van der Waals surface area contributed by atoms with Gasteiger partial charge in [0.25, 0.3) is 10.9 Å². The molecule has 1 aliphatic heterocycles. The predicted molar refractivity (Wildman–Crippen MR) is 154 cm³/mol. The average molecular weight is 530 g/mol. The van der Waals surface area contributed by atoms with Gasteiger partial charge in [-0.3, -0.25) is 9.59 Å². The van der Waals surface area contributed by atoms with Crippen molar-refractivity contribution in [1.29, 1.82) is 0 Å². The summed E-state index contributed by atoms with van der Waals surface area (Å²) < 4.78 is 6.51. The Morgan fingerprint density at radius 1 is 0.946 bits per heavy atom. The molecule has 7 heteroatoms. The molecular formula is C30H44ClN3O3. The van der Waals surface area contributed by atoms with Gasteiger partial charge in [0.1, 0.15) is 11.4 Å². The average Bonchev–Trinajstić information content (AvgIpc) is 3.75. The van der Waals surface area contributed by atoms with Gasteiger partial charge in [-0.25, -0.2) is 0 Å². The number of anilines is 2. The molecule has 2 aromatic rings. The monoisotopic (exact) mass is 529 g/mol. The zero-order valence-corrected chi connectivity index (χ0v) is 22.9. The molecule has 2 aliphatic carbocycles. The normalized spacial score (nSPS) is 22.4. The molecule has 3 fully saturated rings. The van der Waals surface area contributed by atoms with Crippen LogP contribution in [0.3, 0.4) is 0 Å². The van der Waals surface area contributed by atoms with Crippen molar-refractivity contribution in [3.05, 3.63) is 56.3 Å². The van der Waals surface area contributed by atoms with E-state index in [0.29, 0.717) is 23.8 Å². The van der Waals surface area contributed by atoms with E-state index >= 15 is 0 Å². The largest absolute Gasteiger partial charge is 0.376 e. The smallest absolute Gasteiger partial charge is 0.253 e. The lowest BCUT2D eigenvalue weighted by molar-refractivity contribution is 0.00303. The Bertz CT molecular complexity index is 1040. The molecule has 3 aliphatic rings. The van der Waals surface area contributed by atoms with Crippen LogP contribution in [0.25, 0.3) is 0 Å². The van der Waals surface area contributed by atoms with Gasteiger partial charge in [0, 0.05) is 38.2 Å². The van der Waals surface area contributed by atoms with Gasteiger partial charge >= 0.3 is 0 Å². The Balaban J connectivity index is 0.00000320. The van der Waals surface area contributed by atoms with Crippen LogP contribution in [-0.2, 0) is 4.74 Å². The van der Waals surface area contributed by atoms with E-state index in [9.17, 15) is 9.59 Å². The molecule has 2 saturated carbocycles. The molecule has 3 N–H and O–H groups in total. The Hall–Kier alpha value is -1.89. The van der Waals surface area contributed by atoms with Gasteiger partial charge in [0.05, 0.1) is 6.10 Å². The minimum absolute atomic E-state index is 0. The first-order valence-electron chi connectivity index (χ1n) is 14.4. The van der Waals surface area contributed by atoms with E-state index in [1.165, 1.54) is 50.5 Å². The van der Waals surface area contributed by atoms with E-state index in [1.54, 1.807) is 0 Å². The third kappa shape index (κ3) is 6.96. The number of ether oxygens (including phenoxy) is 1. The van der Waals surface area contributed by atoms with Crippen molar-refractivity contribution < 1.29 is 4.74 Å². The summed E-state index contributed by atoms with van der Waals surface area (Å²) in [5.41, 5.74) is 7.66. The van der Waals surface area contributed by atoms with E-state index in [0.717, 1.165) is 51.3 Å². The molecule has 2 aromatic carbocycles. The Kier molecular flexibility index (Phi) is 10.1. The molecule has 0 bridgehead atoms. The van der Waals surface area contributed by atoms with Crippen LogP contribution in [0, 0.1) is 17.8 Å². The topological polar surface area (TPSA) is 84.7 Å². The lowest BCUT2D eigenvalue weighted by Crippen LogP contribution is -2.48. The maximum absolute atomic E-state index is 12.8. The maximum atomic E-state index is 12.8. The number of nitrogens with one attached hydrogen (secondary N) is 1. The number of halogens is 1. The fourth-order valence-corrected chi connectivity index (χ4v) is 6.43. The molecule has 5 rings (SSSR count). The highest BCUT2D eigenvalue weighted by Gasteiger charge is 2.35. The van der Waals surface area contributed by atoms with Crippen molar-refractivity contribution in [2.75, 3.05) is 36.5 Å². The number of piperidine rings is 1. The van der Waals surface area contributed by atoms with E-state index in [4.69, 9.17) is 10.5 Å². The molecule has 0 amide bonds. The zero-order chi connectivity index (χ0) is 24.9. The van der Waals surface area contributed by atoms with Crippen LogP contribution in [0.4, 0.5) is 11.4 Å². The van der Waals surface area contributed by atoms with Gasteiger partial charge in [-0.15, -0.1) is 12.4 Å². The van der Waals surface area contributed by atoms with E-state index in [-0.39, 0.29) is 41.3 Å². The molecule has 37 heavy (non-hydrogen) atoms.